The first-order valence-corrected chi connectivity index (χ1v) is 4.54. The van der Waals surface area contributed by atoms with Gasteiger partial charge in [0.2, 0.25) is 5.95 Å². The number of hydrogen-bond donors (Lipinski definition) is 0. The van der Waals surface area contributed by atoms with Gasteiger partial charge in [-0.25, -0.2) is 9.50 Å². The van der Waals surface area contributed by atoms with Gasteiger partial charge in [0, 0.05) is 12.3 Å². The summed E-state index contributed by atoms with van der Waals surface area (Å²) in [4.78, 5) is 4.15. The van der Waals surface area contributed by atoms with Crippen molar-refractivity contribution in [3.63, 3.8) is 0 Å². The molecule has 0 amide bonds. The molecule has 0 aromatic carbocycles. The standard InChI is InChI=1S/C10H10FN3O/c1-3-15-7(2)8-4-5-14-10(12-8)6-9(11)13-14/h4-6H,2-3H2,1H3. The zero-order valence-electron chi connectivity index (χ0n) is 8.27. The second kappa shape index (κ2) is 3.68. The second-order valence-electron chi connectivity index (χ2n) is 2.94. The smallest absolute Gasteiger partial charge is 0.235 e. The average molecular weight is 207 g/mol. The summed E-state index contributed by atoms with van der Waals surface area (Å²) in [5.41, 5.74) is 1.02. The molecular formula is C10H10FN3O. The van der Waals surface area contributed by atoms with E-state index in [1.165, 1.54) is 10.6 Å². The number of aromatic nitrogens is 3. The van der Waals surface area contributed by atoms with Crippen molar-refractivity contribution in [3.8, 4) is 0 Å². The molecule has 5 heteroatoms. The van der Waals surface area contributed by atoms with Crippen LogP contribution in [0.5, 0.6) is 0 Å². The van der Waals surface area contributed by atoms with Gasteiger partial charge in [0.15, 0.2) is 5.65 Å². The van der Waals surface area contributed by atoms with Gasteiger partial charge in [-0.1, -0.05) is 6.58 Å². The van der Waals surface area contributed by atoms with Gasteiger partial charge in [-0.3, -0.25) is 0 Å². The van der Waals surface area contributed by atoms with Crippen molar-refractivity contribution in [2.75, 3.05) is 6.61 Å². The third-order valence-corrected chi connectivity index (χ3v) is 1.90. The Morgan fingerprint density at radius 2 is 2.47 bits per heavy atom. The predicted molar refractivity (Wildman–Crippen MR) is 53.6 cm³/mol. The van der Waals surface area contributed by atoms with Gasteiger partial charge in [-0.05, 0) is 13.0 Å². The summed E-state index contributed by atoms with van der Waals surface area (Å²) in [5, 5.41) is 3.58. The maximum Gasteiger partial charge on any atom is 0.235 e. The van der Waals surface area contributed by atoms with Crippen LogP contribution in [0.2, 0.25) is 0 Å². The fourth-order valence-electron chi connectivity index (χ4n) is 1.25. The van der Waals surface area contributed by atoms with E-state index in [9.17, 15) is 4.39 Å². The average Bonchev–Trinajstić information content (AvgIpc) is 2.57. The number of fused-ring (bicyclic) bond motifs is 1. The Morgan fingerprint density at radius 3 is 3.20 bits per heavy atom. The molecule has 15 heavy (non-hydrogen) atoms. The van der Waals surface area contributed by atoms with Crippen molar-refractivity contribution in [1.82, 2.24) is 14.6 Å². The minimum atomic E-state index is -0.554. The van der Waals surface area contributed by atoms with Crippen LogP contribution in [0.15, 0.2) is 24.9 Å². The van der Waals surface area contributed by atoms with Crippen molar-refractivity contribution >= 4 is 11.4 Å². The minimum absolute atomic E-state index is 0.436. The number of nitrogens with zero attached hydrogens (tertiary/aromatic N) is 3. The van der Waals surface area contributed by atoms with Crippen LogP contribution < -0.4 is 0 Å². The third kappa shape index (κ3) is 1.81. The summed E-state index contributed by atoms with van der Waals surface area (Å²) in [6.07, 6.45) is 1.62. The zero-order valence-corrected chi connectivity index (χ0v) is 8.27. The molecule has 4 nitrogen and oxygen atoms in total. The first kappa shape index (κ1) is 9.64. The van der Waals surface area contributed by atoms with E-state index >= 15 is 0 Å². The van der Waals surface area contributed by atoms with Crippen molar-refractivity contribution in [2.45, 2.75) is 6.92 Å². The molecule has 0 N–H and O–H groups in total. The molecule has 0 fully saturated rings. The van der Waals surface area contributed by atoms with Crippen LogP contribution in [0.3, 0.4) is 0 Å². The molecule has 0 spiro atoms. The Hall–Kier alpha value is -1.91. The predicted octanol–water partition coefficient (Wildman–Crippen LogP) is 1.88. The third-order valence-electron chi connectivity index (χ3n) is 1.90. The lowest BCUT2D eigenvalue weighted by Crippen LogP contribution is -1.96. The summed E-state index contributed by atoms with van der Waals surface area (Å²) in [5.74, 6) is -0.0803. The summed E-state index contributed by atoms with van der Waals surface area (Å²) >= 11 is 0. The van der Waals surface area contributed by atoms with E-state index in [1.807, 2.05) is 6.92 Å². The topological polar surface area (TPSA) is 39.4 Å². The lowest BCUT2D eigenvalue weighted by Gasteiger charge is -2.05. The van der Waals surface area contributed by atoms with E-state index in [4.69, 9.17) is 4.74 Å². The van der Waals surface area contributed by atoms with Gasteiger partial charge in [0.05, 0.1) is 6.61 Å². The first-order valence-electron chi connectivity index (χ1n) is 4.54. The van der Waals surface area contributed by atoms with Crippen LogP contribution >= 0.6 is 0 Å². The summed E-state index contributed by atoms with van der Waals surface area (Å²) in [6, 6.07) is 2.93. The van der Waals surface area contributed by atoms with Crippen LogP contribution in [0, 0.1) is 5.95 Å². The molecule has 2 heterocycles. The normalized spacial score (nSPS) is 10.5. The highest BCUT2D eigenvalue weighted by Gasteiger charge is 2.05. The van der Waals surface area contributed by atoms with Gasteiger partial charge in [0.25, 0.3) is 0 Å². The molecule has 0 bridgehead atoms. The fourth-order valence-corrected chi connectivity index (χ4v) is 1.25. The van der Waals surface area contributed by atoms with Crippen LogP contribution in [0.1, 0.15) is 12.6 Å². The maximum absolute atomic E-state index is 12.8. The Bertz CT molecular complexity index is 506. The monoisotopic (exact) mass is 207 g/mol. The Morgan fingerprint density at radius 1 is 1.67 bits per heavy atom. The fraction of sp³-hybridized carbons (Fsp3) is 0.200. The highest BCUT2D eigenvalue weighted by Crippen LogP contribution is 2.12. The second-order valence-corrected chi connectivity index (χ2v) is 2.94. The van der Waals surface area contributed by atoms with E-state index in [2.05, 4.69) is 16.7 Å². The van der Waals surface area contributed by atoms with Gasteiger partial charge >= 0.3 is 0 Å². The first-order chi connectivity index (χ1) is 7.20. The van der Waals surface area contributed by atoms with Crippen LogP contribution in [0.4, 0.5) is 4.39 Å². The molecule has 0 aliphatic heterocycles. The Kier molecular flexibility index (Phi) is 2.37. The van der Waals surface area contributed by atoms with Crippen LogP contribution in [-0.4, -0.2) is 21.2 Å². The summed E-state index contributed by atoms with van der Waals surface area (Å²) in [6.45, 7) is 6.11. The van der Waals surface area contributed by atoms with Gasteiger partial charge in [0.1, 0.15) is 11.5 Å². The highest BCUT2D eigenvalue weighted by molar-refractivity contribution is 5.55. The lowest BCUT2D eigenvalue weighted by atomic mass is 10.3. The van der Waals surface area contributed by atoms with Gasteiger partial charge < -0.3 is 4.74 Å². The molecular weight excluding hydrogens is 197 g/mol. The number of hydrogen-bond acceptors (Lipinski definition) is 3. The molecule has 2 aromatic heterocycles. The van der Waals surface area contributed by atoms with E-state index in [0.29, 0.717) is 23.7 Å². The molecule has 0 saturated heterocycles. The lowest BCUT2D eigenvalue weighted by molar-refractivity contribution is 0.298. The number of rotatable bonds is 3. The van der Waals surface area contributed by atoms with Gasteiger partial charge in [-0.2, -0.15) is 4.39 Å². The largest absolute Gasteiger partial charge is 0.492 e. The van der Waals surface area contributed by atoms with Crippen molar-refractivity contribution in [2.24, 2.45) is 0 Å². The van der Waals surface area contributed by atoms with E-state index in [-0.39, 0.29) is 0 Å². The Balaban J connectivity index is 2.41. The molecule has 0 unspecified atom stereocenters. The van der Waals surface area contributed by atoms with Crippen molar-refractivity contribution in [3.05, 3.63) is 36.6 Å². The molecule has 0 aliphatic carbocycles. The molecule has 78 valence electrons. The van der Waals surface area contributed by atoms with E-state index < -0.39 is 5.95 Å². The number of halogens is 1. The molecule has 0 radical (unpaired) electrons. The van der Waals surface area contributed by atoms with Crippen LogP contribution in [0.25, 0.3) is 11.4 Å². The maximum atomic E-state index is 12.8. The molecule has 0 atom stereocenters. The Labute approximate surface area is 86.0 Å². The highest BCUT2D eigenvalue weighted by atomic mass is 19.1. The van der Waals surface area contributed by atoms with Gasteiger partial charge in [-0.15, -0.1) is 5.10 Å². The number of ether oxygens (including phenoxy) is 1. The minimum Gasteiger partial charge on any atom is -0.492 e. The molecule has 0 aliphatic rings. The molecule has 2 aromatic rings. The summed E-state index contributed by atoms with van der Waals surface area (Å²) < 4.78 is 19.3. The SMILES string of the molecule is C=C(OCC)c1ccn2nc(F)cc2n1. The molecule has 0 saturated carbocycles. The zero-order chi connectivity index (χ0) is 10.8. The van der Waals surface area contributed by atoms with Crippen molar-refractivity contribution < 1.29 is 9.13 Å². The van der Waals surface area contributed by atoms with Crippen LogP contribution in [-0.2, 0) is 4.74 Å². The van der Waals surface area contributed by atoms with E-state index in [0.717, 1.165) is 0 Å². The van der Waals surface area contributed by atoms with E-state index in [1.54, 1.807) is 12.3 Å². The quantitative estimate of drug-likeness (QED) is 0.721. The summed E-state index contributed by atoms with van der Waals surface area (Å²) in [7, 11) is 0. The van der Waals surface area contributed by atoms with Crippen molar-refractivity contribution in [1.29, 1.82) is 0 Å². The molecule has 2 rings (SSSR count).